The third-order valence-corrected chi connectivity index (χ3v) is 4.99. The quantitative estimate of drug-likeness (QED) is 0.808. The van der Waals surface area contributed by atoms with Gasteiger partial charge >= 0.3 is 0 Å². The van der Waals surface area contributed by atoms with Gasteiger partial charge in [0.05, 0.1) is 5.71 Å². The van der Waals surface area contributed by atoms with E-state index in [2.05, 4.69) is 5.16 Å². The maximum Gasteiger partial charge on any atom is 0.266 e. The van der Waals surface area contributed by atoms with Crippen LogP contribution in [0.1, 0.15) is 24.8 Å². The molecule has 0 radical (unpaired) electrons. The fourth-order valence-corrected chi connectivity index (χ4v) is 3.46. The van der Waals surface area contributed by atoms with Gasteiger partial charge < -0.3 is 14.5 Å². The van der Waals surface area contributed by atoms with Gasteiger partial charge in [0, 0.05) is 38.4 Å². The zero-order valence-corrected chi connectivity index (χ0v) is 15.2. The monoisotopic (exact) mass is 386 g/mol. The number of ether oxygens (including phenoxy) is 1. The number of amides is 1. The molecular formula is C21H20F2N2O3. The van der Waals surface area contributed by atoms with Crippen molar-refractivity contribution in [3.05, 3.63) is 65.7 Å². The number of carbonyl (C=O) groups excluding carboxylic acids is 1. The predicted molar refractivity (Wildman–Crippen MR) is 99.1 cm³/mol. The summed E-state index contributed by atoms with van der Waals surface area (Å²) in [7, 11) is 0. The minimum absolute atomic E-state index is 0.0335. The molecular weight excluding hydrogens is 366 g/mol. The lowest BCUT2D eigenvalue weighted by molar-refractivity contribution is -0.143. The van der Waals surface area contributed by atoms with Crippen molar-refractivity contribution in [2.45, 2.75) is 31.5 Å². The summed E-state index contributed by atoms with van der Waals surface area (Å²) in [5.41, 5.74) is 1.72. The molecule has 1 atom stereocenters. The number of likely N-dealkylation sites (tertiary alicyclic amines) is 1. The molecule has 0 saturated carbocycles. The summed E-state index contributed by atoms with van der Waals surface area (Å²) >= 11 is 0. The molecule has 5 nitrogen and oxygen atoms in total. The highest BCUT2D eigenvalue weighted by atomic mass is 19.1. The third kappa shape index (κ3) is 3.98. The maximum atomic E-state index is 13.7. The first kappa shape index (κ1) is 18.4. The standard InChI is InChI=1S/C21H20F2N2O3/c22-15-6-7-19(17(23)12-15)27-16-8-10-25(11-9-16)21(26)20-13-18(24-28-20)14-4-2-1-3-5-14/h1-7,12,16,20H,8-11,13H2. The smallest absolute Gasteiger partial charge is 0.266 e. The van der Waals surface area contributed by atoms with E-state index in [4.69, 9.17) is 9.57 Å². The summed E-state index contributed by atoms with van der Waals surface area (Å²) in [4.78, 5) is 19.8. The maximum absolute atomic E-state index is 13.7. The zero-order chi connectivity index (χ0) is 19.5. The number of benzene rings is 2. The molecule has 2 aliphatic heterocycles. The number of oxime groups is 1. The van der Waals surface area contributed by atoms with E-state index >= 15 is 0 Å². The van der Waals surface area contributed by atoms with Gasteiger partial charge in [0.2, 0.25) is 6.10 Å². The van der Waals surface area contributed by atoms with E-state index in [0.717, 1.165) is 17.3 Å². The van der Waals surface area contributed by atoms with Crippen LogP contribution in [0.3, 0.4) is 0 Å². The lowest BCUT2D eigenvalue weighted by Crippen LogP contribution is -2.46. The Labute approximate surface area is 161 Å². The topological polar surface area (TPSA) is 51.1 Å². The van der Waals surface area contributed by atoms with E-state index in [9.17, 15) is 13.6 Å². The second-order valence-electron chi connectivity index (χ2n) is 6.92. The molecule has 2 aromatic rings. The second kappa shape index (κ2) is 7.96. The largest absolute Gasteiger partial charge is 0.487 e. The van der Waals surface area contributed by atoms with E-state index in [-0.39, 0.29) is 17.8 Å². The van der Waals surface area contributed by atoms with E-state index < -0.39 is 17.7 Å². The Hall–Kier alpha value is -2.96. The van der Waals surface area contributed by atoms with Gasteiger partial charge in [-0.15, -0.1) is 0 Å². The van der Waals surface area contributed by atoms with E-state index in [0.29, 0.717) is 32.4 Å². The number of hydrogen-bond acceptors (Lipinski definition) is 4. The summed E-state index contributed by atoms with van der Waals surface area (Å²) in [6, 6.07) is 12.9. The average molecular weight is 386 g/mol. The minimum atomic E-state index is -0.719. The van der Waals surface area contributed by atoms with Crippen LogP contribution in [0.2, 0.25) is 0 Å². The van der Waals surface area contributed by atoms with Crippen molar-refractivity contribution < 1.29 is 23.1 Å². The van der Waals surface area contributed by atoms with Crippen molar-refractivity contribution >= 4 is 11.6 Å². The van der Waals surface area contributed by atoms with Gasteiger partial charge in [0.1, 0.15) is 11.9 Å². The Morgan fingerprint density at radius 1 is 1.11 bits per heavy atom. The highest BCUT2D eigenvalue weighted by molar-refractivity contribution is 6.04. The summed E-state index contributed by atoms with van der Waals surface area (Å²) in [5, 5.41) is 4.06. The van der Waals surface area contributed by atoms with Crippen LogP contribution in [0.25, 0.3) is 0 Å². The molecule has 0 aliphatic carbocycles. The first-order valence-electron chi connectivity index (χ1n) is 9.29. The van der Waals surface area contributed by atoms with Crippen LogP contribution in [-0.2, 0) is 9.63 Å². The molecule has 0 bridgehead atoms. The number of carbonyl (C=O) groups is 1. The summed E-state index contributed by atoms with van der Waals surface area (Å²) in [5.74, 6) is -1.42. The van der Waals surface area contributed by atoms with Gasteiger partial charge in [-0.2, -0.15) is 0 Å². The van der Waals surface area contributed by atoms with Crippen molar-refractivity contribution in [2.24, 2.45) is 5.16 Å². The molecule has 1 unspecified atom stereocenters. The average Bonchev–Trinajstić information content (AvgIpc) is 3.21. The van der Waals surface area contributed by atoms with Crippen LogP contribution in [0.15, 0.2) is 53.7 Å². The zero-order valence-electron chi connectivity index (χ0n) is 15.2. The van der Waals surface area contributed by atoms with Crippen LogP contribution in [-0.4, -0.2) is 41.8 Å². The van der Waals surface area contributed by atoms with Gasteiger partial charge in [-0.25, -0.2) is 8.78 Å². The van der Waals surface area contributed by atoms with Crippen molar-refractivity contribution in [3.63, 3.8) is 0 Å². The van der Waals surface area contributed by atoms with Gasteiger partial charge in [-0.3, -0.25) is 4.79 Å². The Kier molecular flexibility index (Phi) is 5.23. The Morgan fingerprint density at radius 2 is 1.86 bits per heavy atom. The number of rotatable bonds is 4. The van der Waals surface area contributed by atoms with Gasteiger partial charge in [0.25, 0.3) is 5.91 Å². The minimum Gasteiger partial charge on any atom is -0.487 e. The molecule has 7 heteroatoms. The van der Waals surface area contributed by atoms with Crippen molar-refractivity contribution in [1.29, 1.82) is 0 Å². The molecule has 1 fully saturated rings. The molecule has 28 heavy (non-hydrogen) atoms. The van der Waals surface area contributed by atoms with Crippen LogP contribution < -0.4 is 4.74 Å². The summed E-state index contributed by atoms with van der Waals surface area (Å²) in [6.45, 7) is 0.986. The third-order valence-electron chi connectivity index (χ3n) is 4.99. The molecule has 1 amide bonds. The van der Waals surface area contributed by atoms with E-state index in [1.54, 1.807) is 4.90 Å². The molecule has 2 heterocycles. The Morgan fingerprint density at radius 3 is 2.57 bits per heavy atom. The molecule has 146 valence electrons. The van der Waals surface area contributed by atoms with Crippen LogP contribution in [0.5, 0.6) is 5.75 Å². The number of piperidine rings is 1. The van der Waals surface area contributed by atoms with Crippen molar-refractivity contribution in [2.75, 3.05) is 13.1 Å². The fourth-order valence-electron chi connectivity index (χ4n) is 3.46. The van der Waals surface area contributed by atoms with Crippen LogP contribution in [0.4, 0.5) is 8.78 Å². The van der Waals surface area contributed by atoms with Crippen LogP contribution >= 0.6 is 0 Å². The summed E-state index contributed by atoms with van der Waals surface area (Å²) in [6.07, 6.45) is 0.760. The summed E-state index contributed by atoms with van der Waals surface area (Å²) < 4.78 is 32.4. The normalized spacial score (nSPS) is 19.9. The van der Waals surface area contributed by atoms with Gasteiger partial charge in [0.15, 0.2) is 11.6 Å². The highest BCUT2D eigenvalue weighted by Gasteiger charge is 2.34. The molecule has 4 rings (SSSR count). The van der Waals surface area contributed by atoms with Crippen molar-refractivity contribution in [1.82, 2.24) is 4.90 Å². The lowest BCUT2D eigenvalue weighted by atomic mass is 10.0. The lowest BCUT2D eigenvalue weighted by Gasteiger charge is -2.33. The molecule has 1 saturated heterocycles. The van der Waals surface area contributed by atoms with E-state index in [1.165, 1.54) is 12.1 Å². The Bertz CT molecular complexity index is 880. The number of halogens is 2. The van der Waals surface area contributed by atoms with Gasteiger partial charge in [-0.1, -0.05) is 35.5 Å². The second-order valence-corrected chi connectivity index (χ2v) is 6.92. The SMILES string of the molecule is O=C(C1CC(c2ccccc2)=NO1)N1CCC(Oc2ccc(F)cc2F)CC1. The van der Waals surface area contributed by atoms with Gasteiger partial charge in [-0.05, 0) is 17.7 Å². The predicted octanol–water partition coefficient (Wildman–Crippen LogP) is 3.53. The number of nitrogens with zero attached hydrogens (tertiary/aromatic N) is 2. The van der Waals surface area contributed by atoms with Crippen molar-refractivity contribution in [3.8, 4) is 5.75 Å². The number of hydrogen-bond donors (Lipinski definition) is 0. The molecule has 2 aliphatic rings. The first-order valence-corrected chi connectivity index (χ1v) is 9.29. The molecule has 0 N–H and O–H groups in total. The van der Waals surface area contributed by atoms with Crippen LogP contribution in [0, 0.1) is 11.6 Å². The fraction of sp³-hybridized carbons (Fsp3) is 0.333. The van der Waals surface area contributed by atoms with E-state index in [1.807, 2.05) is 30.3 Å². The molecule has 0 spiro atoms. The first-order chi connectivity index (χ1) is 13.6. The Balaban J connectivity index is 1.29. The highest BCUT2D eigenvalue weighted by Crippen LogP contribution is 2.24. The molecule has 0 aromatic heterocycles. The molecule has 2 aromatic carbocycles.